The second kappa shape index (κ2) is 8.59. The average Bonchev–Trinajstić information content (AvgIpc) is 3.17. The van der Waals surface area contributed by atoms with Gasteiger partial charge in [-0.15, -0.1) is 0 Å². The molecule has 0 saturated heterocycles. The van der Waals surface area contributed by atoms with Gasteiger partial charge < -0.3 is 19.7 Å². The molecule has 11 nitrogen and oxygen atoms in total. The van der Waals surface area contributed by atoms with Gasteiger partial charge in [0, 0.05) is 20.2 Å². The molecule has 0 unspecified atom stereocenters. The normalized spacial score (nSPS) is 9.80. The molecular formula is C14H18N4O7. The summed E-state index contributed by atoms with van der Waals surface area (Å²) in [6.07, 6.45) is 0. The first kappa shape index (κ1) is 19.8. The van der Waals surface area contributed by atoms with Crippen LogP contribution in [-0.2, 0) is 30.2 Å². The maximum Gasteiger partial charge on any atom is 0.356 e. The van der Waals surface area contributed by atoms with Crippen LogP contribution in [0.1, 0.15) is 37.2 Å². The minimum Gasteiger partial charge on any atom is -0.476 e. The van der Waals surface area contributed by atoms with E-state index in [1.54, 1.807) is 7.05 Å². The van der Waals surface area contributed by atoms with E-state index in [0.29, 0.717) is 11.4 Å². The molecule has 11 heteroatoms. The molecule has 2 rings (SSSR count). The number of aromatic nitrogens is 4. The van der Waals surface area contributed by atoms with Gasteiger partial charge in [-0.1, -0.05) is 0 Å². The van der Waals surface area contributed by atoms with Gasteiger partial charge in [0.25, 0.3) is 0 Å². The number of aliphatic hydroxyl groups excluding tert-OH is 1. The monoisotopic (exact) mass is 354 g/mol. The highest BCUT2D eigenvalue weighted by Gasteiger charge is 2.16. The molecule has 2 heterocycles. The molecule has 0 aromatic carbocycles. The van der Waals surface area contributed by atoms with Crippen LogP contribution < -0.4 is 0 Å². The fourth-order valence-corrected chi connectivity index (χ4v) is 1.77. The topological polar surface area (TPSA) is 146 Å². The molecule has 0 aliphatic rings. The Kier molecular flexibility index (Phi) is 6.81. The third kappa shape index (κ3) is 4.88. The Morgan fingerprint density at radius 3 is 1.84 bits per heavy atom. The molecule has 25 heavy (non-hydrogen) atoms. The number of carbonyl (C=O) groups is 3. The van der Waals surface area contributed by atoms with Gasteiger partial charge in [-0.25, -0.2) is 14.4 Å². The molecule has 0 atom stereocenters. The summed E-state index contributed by atoms with van der Waals surface area (Å²) in [4.78, 5) is 32.4. The molecule has 0 saturated carbocycles. The van der Waals surface area contributed by atoms with Crippen molar-refractivity contribution >= 4 is 17.9 Å². The van der Waals surface area contributed by atoms with Gasteiger partial charge in [0.05, 0.1) is 26.5 Å². The number of carbonyl (C=O) groups excluding carboxylic acids is 2. The Bertz CT molecular complexity index is 778. The van der Waals surface area contributed by atoms with E-state index in [-0.39, 0.29) is 18.0 Å². The van der Waals surface area contributed by atoms with Gasteiger partial charge in [-0.05, 0) is 6.07 Å². The van der Waals surface area contributed by atoms with Crippen LogP contribution in [-0.4, -0.2) is 61.9 Å². The quantitative estimate of drug-likeness (QED) is 0.700. The molecule has 0 aliphatic carbocycles. The predicted molar refractivity (Wildman–Crippen MR) is 82.0 cm³/mol. The van der Waals surface area contributed by atoms with Gasteiger partial charge in [-0.2, -0.15) is 10.2 Å². The van der Waals surface area contributed by atoms with Crippen LogP contribution >= 0.6 is 0 Å². The van der Waals surface area contributed by atoms with Crippen molar-refractivity contribution in [2.45, 2.75) is 6.61 Å². The second-order valence-corrected chi connectivity index (χ2v) is 4.63. The molecule has 0 aliphatic heterocycles. The van der Waals surface area contributed by atoms with Crippen LogP contribution in [0.25, 0.3) is 0 Å². The van der Waals surface area contributed by atoms with Crippen molar-refractivity contribution in [1.82, 2.24) is 19.6 Å². The summed E-state index contributed by atoms with van der Waals surface area (Å²) in [6.45, 7) is -0.176. The number of ether oxygens (including phenoxy) is 2. The Balaban J connectivity index is 0.000000251. The number of hydrogen-bond acceptors (Lipinski definition) is 8. The fraction of sp³-hybridized carbons (Fsp3) is 0.357. The highest BCUT2D eigenvalue weighted by atomic mass is 16.5. The van der Waals surface area contributed by atoms with Crippen LogP contribution in [0.5, 0.6) is 0 Å². The molecule has 0 radical (unpaired) electrons. The first-order valence-electron chi connectivity index (χ1n) is 6.82. The third-order valence-corrected chi connectivity index (χ3v) is 2.98. The summed E-state index contributed by atoms with van der Waals surface area (Å²) < 4.78 is 11.4. The van der Waals surface area contributed by atoms with E-state index in [1.165, 1.54) is 32.0 Å². The van der Waals surface area contributed by atoms with Crippen molar-refractivity contribution in [1.29, 1.82) is 0 Å². The fourth-order valence-electron chi connectivity index (χ4n) is 1.77. The zero-order valence-corrected chi connectivity index (χ0v) is 14.1. The van der Waals surface area contributed by atoms with Gasteiger partial charge in [-0.3, -0.25) is 9.36 Å². The lowest BCUT2D eigenvalue weighted by atomic mass is 10.3. The molecule has 0 fully saturated rings. The molecule has 0 amide bonds. The van der Waals surface area contributed by atoms with Crippen LogP contribution in [0, 0.1) is 0 Å². The van der Waals surface area contributed by atoms with Crippen LogP contribution in [0.2, 0.25) is 0 Å². The van der Waals surface area contributed by atoms with Crippen LogP contribution in [0.3, 0.4) is 0 Å². The molecule has 2 aromatic rings. The number of hydrogen-bond donors (Lipinski definition) is 2. The van der Waals surface area contributed by atoms with E-state index in [9.17, 15) is 14.4 Å². The lowest BCUT2D eigenvalue weighted by Crippen LogP contribution is -2.08. The summed E-state index contributed by atoms with van der Waals surface area (Å²) in [7, 11) is 5.60. The summed E-state index contributed by atoms with van der Waals surface area (Å²) in [5.41, 5.74) is 0.724. The summed E-state index contributed by atoms with van der Waals surface area (Å²) >= 11 is 0. The van der Waals surface area contributed by atoms with Gasteiger partial charge in [0.1, 0.15) is 11.4 Å². The Morgan fingerprint density at radius 1 is 1.00 bits per heavy atom. The Labute approximate surface area is 142 Å². The number of esters is 2. The minimum atomic E-state index is -1.18. The smallest absolute Gasteiger partial charge is 0.356 e. The number of nitrogens with zero attached hydrogens (tertiary/aromatic N) is 4. The summed E-state index contributed by atoms with van der Waals surface area (Å²) in [5.74, 6) is -2.24. The average molecular weight is 354 g/mol. The van der Waals surface area contributed by atoms with Gasteiger partial charge >= 0.3 is 17.9 Å². The number of rotatable bonds is 4. The van der Waals surface area contributed by atoms with E-state index in [4.69, 9.17) is 10.2 Å². The number of carboxylic acids is 1. The van der Waals surface area contributed by atoms with E-state index in [1.807, 2.05) is 0 Å². The van der Waals surface area contributed by atoms with Crippen molar-refractivity contribution in [2.24, 2.45) is 14.1 Å². The molecule has 2 aromatic heterocycles. The van der Waals surface area contributed by atoms with Crippen LogP contribution in [0.4, 0.5) is 0 Å². The predicted octanol–water partition coefficient (Wildman–Crippen LogP) is -0.396. The molecule has 2 N–H and O–H groups in total. The second-order valence-electron chi connectivity index (χ2n) is 4.63. The van der Waals surface area contributed by atoms with Crippen molar-refractivity contribution in [3.05, 3.63) is 34.9 Å². The van der Waals surface area contributed by atoms with Crippen molar-refractivity contribution < 1.29 is 34.1 Å². The van der Waals surface area contributed by atoms with E-state index < -0.39 is 17.9 Å². The van der Waals surface area contributed by atoms with Crippen LogP contribution in [0.15, 0.2) is 12.1 Å². The van der Waals surface area contributed by atoms with Gasteiger partial charge in [0.15, 0.2) is 5.69 Å². The maximum atomic E-state index is 11.0. The number of aryl methyl sites for hydroxylation is 2. The number of aromatic carboxylic acids is 1. The molecule has 136 valence electrons. The number of carboxylic acid groups (broad SMARTS) is 1. The molecule has 0 bridgehead atoms. The Hall–Kier alpha value is -3.21. The first-order valence-corrected chi connectivity index (χ1v) is 6.82. The zero-order valence-electron chi connectivity index (χ0n) is 14.1. The Morgan fingerprint density at radius 2 is 1.48 bits per heavy atom. The van der Waals surface area contributed by atoms with Crippen molar-refractivity contribution in [3.8, 4) is 0 Å². The lowest BCUT2D eigenvalue weighted by molar-refractivity contribution is 0.0579. The number of methoxy groups -OCH3 is 2. The van der Waals surface area contributed by atoms with Crippen molar-refractivity contribution in [2.75, 3.05) is 14.2 Å². The lowest BCUT2D eigenvalue weighted by Gasteiger charge is -1.96. The van der Waals surface area contributed by atoms with E-state index in [0.717, 1.165) is 10.7 Å². The minimum absolute atomic E-state index is 0.111. The van der Waals surface area contributed by atoms with Gasteiger partial charge in [0.2, 0.25) is 0 Å². The SMILES string of the molecule is COC(=O)c1cc(C(=O)O)nn1C.COC(=O)c1cc(CO)nn1C. The molecular weight excluding hydrogens is 336 g/mol. The zero-order chi connectivity index (χ0) is 19.1. The highest BCUT2D eigenvalue weighted by molar-refractivity contribution is 5.92. The highest BCUT2D eigenvalue weighted by Crippen LogP contribution is 2.04. The summed E-state index contributed by atoms with van der Waals surface area (Å²) in [6, 6.07) is 2.65. The molecule has 0 spiro atoms. The number of aliphatic hydroxyl groups is 1. The largest absolute Gasteiger partial charge is 0.476 e. The standard InChI is InChI=1S/C7H8N2O4.C7H10N2O3/c1-9-5(7(12)13-2)3-4(8-9)6(10)11;1-9-6(7(11)12-2)3-5(4-10)8-9/h3H,1-2H3,(H,10,11);3,10H,4H2,1-2H3. The first-order chi connectivity index (χ1) is 11.7. The van der Waals surface area contributed by atoms with Crippen molar-refractivity contribution in [3.63, 3.8) is 0 Å². The van der Waals surface area contributed by atoms with E-state index >= 15 is 0 Å². The third-order valence-electron chi connectivity index (χ3n) is 2.98. The van der Waals surface area contributed by atoms with E-state index in [2.05, 4.69) is 19.7 Å². The summed E-state index contributed by atoms with van der Waals surface area (Å²) in [5, 5.41) is 24.7. The maximum absolute atomic E-state index is 11.0.